The van der Waals surface area contributed by atoms with Crippen molar-refractivity contribution in [2.24, 2.45) is 5.73 Å². The molecule has 64 valence electrons. The molecule has 1 aliphatic rings. The molecular weight excluding hydrogens is 140 g/mol. The van der Waals surface area contributed by atoms with Crippen LogP contribution < -0.4 is 5.73 Å². The van der Waals surface area contributed by atoms with E-state index in [2.05, 4.69) is 0 Å². The van der Waals surface area contributed by atoms with Crippen LogP contribution in [-0.4, -0.2) is 29.4 Å². The fraction of sp³-hybridized carbons (Fsp3) is 0.875. The second kappa shape index (κ2) is 3.22. The highest BCUT2D eigenvalue weighted by atomic mass is 16.2. The molecular formula is C8H16N2O. The van der Waals surface area contributed by atoms with Gasteiger partial charge >= 0.3 is 0 Å². The summed E-state index contributed by atoms with van der Waals surface area (Å²) in [5, 5.41) is 0. The van der Waals surface area contributed by atoms with Gasteiger partial charge in [-0.1, -0.05) is 0 Å². The standard InChI is InChI=1S/C8H16N2O/c1-3-10(7-4-5-7)8(11)6(2)9/h6-7H,3-5,9H2,1-2H3/t6-/m0/s1. The van der Waals surface area contributed by atoms with Crippen LogP contribution in [0.1, 0.15) is 26.7 Å². The van der Waals surface area contributed by atoms with Crippen molar-refractivity contribution in [3.8, 4) is 0 Å². The van der Waals surface area contributed by atoms with E-state index in [-0.39, 0.29) is 11.9 Å². The third kappa shape index (κ3) is 1.93. The Hall–Kier alpha value is -0.570. The number of nitrogens with zero attached hydrogens (tertiary/aromatic N) is 1. The van der Waals surface area contributed by atoms with E-state index in [1.54, 1.807) is 6.92 Å². The van der Waals surface area contributed by atoms with E-state index in [1.807, 2.05) is 11.8 Å². The van der Waals surface area contributed by atoms with Gasteiger partial charge in [0.25, 0.3) is 0 Å². The fourth-order valence-electron chi connectivity index (χ4n) is 1.24. The van der Waals surface area contributed by atoms with E-state index >= 15 is 0 Å². The summed E-state index contributed by atoms with van der Waals surface area (Å²) in [5.74, 6) is 0.0926. The number of hydrogen-bond acceptors (Lipinski definition) is 2. The Labute approximate surface area is 67.5 Å². The molecule has 3 nitrogen and oxygen atoms in total. The van der Waals surface area contributed by atoms with Gasteiger partial charge in [0.15, 0.2) is 0 Å². The van der Waals surface area contributed by atoms with Gasteiger partial charge in [-0.3, -0.25) is 4.79 Å². The van der Waals surface area contributed by atoms with Crippen LogP contribution in [0.2, 0.25) is 0 Å². The van der Waals surface area contributed by atoms with E-state index in [1.165, 1.54) is 0 Å². The van der Waals surface area contributed by atoms with Crippen molar-refractivity contribution in [3.63, 3.8) is 0 Å². The van der Waals surface area contributed by atoms with Crippen LogP contribution in [0.15, 0.2) is 0 Å². The van der Waals surface area contributed by atoms with E-state index in [9.17, 15) is 4.79 Å². The van der Waals surface area contributed by atoms with Crippen molar-refractivity contribution < 1.29 is 4.79 Å². The first-order chi connectivity index (χ1) is 5.16. The predicted molar refractivity (Wildman–Crippen MR) is 44.1 cm³/mol. The first-order valence-corrected chi connectivity index (χ1v) is 4.23. The number of carbonyl (C=O) groups is 1. The highest BCUT2D eigenvalue weighted by Gasteiger charge is 2.32. The molecule has 0 bridgehead atoms. The number of carbonyl (C=O) groups excluding carboxylic acids is 1. The summed E-state index contributed by atoms with van der Waals surface area (Å²) in [7, 11) is 0. The minimum atomic E-state index is -0.337. The lowest BCUT2D eigenvalue weighted by molar-refractivity contribution is -0.132. The topological polar surface area (TPSA) is 46.3 Å². The zero-order valence-corrected chi connectivity index (χ0v) is 7.21. The van der Waals surface area contributed by atoms with Gasteiger partial charge in [-0.05, 0) is 26.7 Å². The minimum absolute atomic E-state index is 0.0926. The highest BCUT2D eigenvalue weighted by molar-refractivity contribution is 5.81. The molecule has 0 saturated heterocycles. The minimum Gasteiger partial charge on any atom is -0.339 e. The maximum absolute atomic E-state index is 11.4. The molecule has 11 heavy (non-hydrogen) atoms. The zero-order chi connectivity index (χ0) is 8.43. The van der Waals surface area contributed by atoms with Crippen molar-refractivity contribution >= 4 is 5.91 Å². The van der Waals surface area contributed by atoms with E-state index < -0.39 is 0 Å². The van der Waals surface area contributed by atoms with Gasteiger partial charge in [0.1, 0.15) is 0 Å². The van der Waals surface area contributed by atoms with Crippen LogP contribution in [-0.2, 0) is 4.79 Å². The molecule has 1 fully saturated rings. The van der Waals surface area contributed by atoms with Crippen LogP contribution in [0.25, 0.3) is 0 Å². The quantitative estimate of drug-likeness (QED) is 0.640. The first kappa shape index (κ1) is 8.53. The van der Waals surface area contributed by atoms with E-state index in [4.69, 9.17) is 5.73 Å². The number of nitrogens with two attached hydrogens (primary N) is 1. The maximum Gasteiger partial charge on any atom is 0.239 e. The van der Waals surface area contributed by atoms with Crippen molar-refractivity contribution in [1.82, 2.24) is 4.90 Å². The average Bonchev–Trinajstić information content (AvgIpc) is 2.72. The van der Waals surface area contributed by atoms with Crippen LogP contribution in [0, 0.1) is 0 Å². The second-order valence-electron chi connectivity index (χ2n) is 3.14. The van der Waals surface area contributed by atoms with E-state index in [0.29, 0.717) is 6.04 Å². The molecule has 0 aromatic heterocycles. The number of amides is 1. The molecule has 0 unspecified atom stereocenters. The molecule has 0 spiro atoms. The molecule has 0 aromatic carbocycles. The van der Waals surface area contributed by atoms with Crippen molar-refractivity contribution in [2.75, 3.05) is 6.54 Å². The molecule has 0 aromatic rings. The first-order valence-electron chi connectivity index (χ1n) is 4.23. The van der Waals surface area contributed by atoms with Crippen LogP contribution in [0.3, 0.4) is 0 Å². The molecule has 0 radical (unpaired) electrons. The lowest BCUT2D eigenvalue weighted by Crippen LogP contribution is -2.43. The molecule has 3 heteroatoms. The summed E-state index contributed by atoms with van der Waals surface area (Å²) in [5.41, 5.74) is 5.49. The molecule has 1 rings (SSSR count). The normalized spacial score (nSPS) is 19.5. The van der Waals surface area contributed by atoms with Crippen LogP contribution >= 0.6 is 0 Å². The van der Waals surface area contributed by atoms with Gasteiger partial charge in [0, 0.05) is 12.6 Å². The Balaban J connectivity index is 2.46. The smallest absolute Gasteiger partial charge is 0.239 e. The van der Waals surface area contributed by atoms with Gasteiger partial charge in [-0.15, -0.1) is 0 Å². The predicted octanol–water partition coefficient (Wildman–Crippen LogP) is 0.345. The fourth-order valence-corrected chi connectivity index (χ4v) is 1.24. The molecule has 0 aliphatic heterocycles. The Morgan fingerprint density at radius 3 is 2.55 bits per heavy atom. The van der Waals surface area contributed by atoms with Gasteiger partial charge in [-0.2, -0.15) is 0 Å². The van der Waals surface area contributed by atoms with Gasteiger partial charge in [0.05, 0.1) is 6.04 Å². The molecule has 2 N–H and O–H groups in total. The molecule has 1 aliphatic carbocycles. The Kier molecular flexibility index (Phi) is 2.49. The largest absolute Gasteiger partial charge is 0.339 e. The summed E-state index contributed by atoms with van der Waals surface area (Å²) in [4.78, 5) is 13.2. The molecule has 1 atom stereocenters. The second-order valence-corrected chi connectivity index (χ2v) is 3.14. The molecule has 1 amide bonds. The monoisotopic (exact) mass is 156 g/mol. The van der Waals surface area contributed by atoms with Crippen molar-refractivity contribution in [2.45, 2.75) is 38.8 Å². The lowest BCUT2D eigenvalue weighted by atomic mass is 10.3. The summed E-state index contributed by atoms with van der Waals surface area (Å²) in [6, 6.07) is 0.161. The summed E-state index contributed by atoms with van der Waals surface area (Å²) in [6.07, 6.45) is 2.32. The Morgan fingerprint density at radius 2 is 2.27 bits per heavy atom. The van der Waals surface area contributed by atoms with Gasteiger partial charge < -0.3 is 10.6 Å². The highest BCUT2D eigenvalue weighted by Crippen LogP contribution is 2.26. The Bertz CT molecular complexity index is 152. The van der Waals surface area contributed by atoms with Gasteiger partial charge in [-0.25, -0.2) is 0 Å². The SMILES string of the molecule is CCN(C(=O)[C@H](C)N)C1CC1. The average molecular weight is 156 g/mol. The summed E-state index contributed by atoms with van der Waals surface area (Å²) < 4.78 is 0. The number of likely N-dealkylation sites (N-methyl/N-ethyl adjacent to an activating group) is 1. The zero-order valence-electron chi connectivity index (χ0n) is 7.21. The van der Waals surface area contributed by atoms with Gasteiger partial charge in [0.2, 0.25) is 5.91 Å². The summed E-state index contributed by atoms with van der Waals surface area (Å²) in [6.45, 7) is 4.54. The van der Waals surface area contributed by atoms with Crippen molar-refractivity contribution in [1.29, 1.82) is 0 Å². The summed E-state index contributed by atoms with van der Waals surface area (Å²) >= 11 is 0. The number of hydrogen-bond donors (Lipinski definition) is 1. The Morgan fingerprint density at radius 1 is 1.73 bits per heavy atom. The van der Waals surface area contributed by atoms with Crippen molar-refractivity contribution in [3.05, 3.63) is 0 Å². The maximum atomic E-state index is 11.4. The van der Waals surface area contributed by atoms with E-state index in [0.717, 1.165) is 19.4 Å². The van der Waals surface area contributed by atoms with Crippen LogP contribution in [0.4, 0.5) is 0 Å². The third-order valence-electron chi connectivity index (χ3n) is 2.00. The lowest BCUT2D eigenvalue weighted by Gasteiger charge is -2.22. The molecule has 1 saturated carbocycles. The van der Waals surface area contributed by atoms with Crippen LogP contribution in [0.5, 0.6) is 0 Å². The molecule has 0 heterocycles. The number of rotatable bonds is 3. The third-order valence-corrected chi connectivity index (χ3v) is 2.00.